The predicted octanol–water partition coefficient (Wildman–Crippen LogP) is 7.06. The van der Waals surface area contributed by atoms with Crippen LogP contribution < -0.4 is 9.47 Å². The molecule has 0 spiro atoms. The van der Waals surface area contributed by atoms with Crippen molar-refractivity contribution in [2.24, 2.45) is 11.8 Å². The number of rotatable bonds is 14. The van der Waals surface area contributed by atoms with Crippen molar-refractivity contribution in [2.75, 3.05) is 0 Å². The van der Waals surface area contributed by atoms with E-state index in [0.29, 0.717) is 23.3 Å². The zero-order chi connectivity index (χ0) is 22.5. The van der Waals surface area contributed by atoms with Gasteiger partial charge in [0.05, 0.1) is 0 Å². The summed E-state index contributed by atoms with van der Waals surface area (Å²) in [6.45, 7) is 11.7. The molecule has 0 aliphatic carbocycles. The number of hydrogen-bond donors (Lipinski definition) is 0. The van der Waals surface area contributed by atoms with Gasteiger partial charge in [-0.05, 0) is 36.8 Å². The molecule has 0 aromatic heterocycles. The maximum atomic E-state index is 11.8. The molecule has 0 saturated heterocycles. The van der Waals surface area contributed by atoms with E-state index in [0.717, 1.165) is 49.7 Å². The average Bonchev–Trinajstić information content (AvgIpc) is 2.70. The van der Waals surface area contributed by atoms with Crippen LogP contribution in [-0.4, -0.2) is 11.9 Å². The molecule has 4 nitrogen and oxygen atoms in total. The number of unbranched alkanes of at least 4 members (excludes halogenated alkanes) is 2. The lowest BCUT2D eigenvalue weighted by atomic mass is 9.84. The molecule has 1 rings (SSSR count). The second-order valence-corrected chi connectivity index (χ2v) is 8.45. The van der Waals surface area contributed by atoms with E-state index in [2.05, 4.69) is 27.7 Å². The predicted molar refractivity (Wildman–Crippen MR) is 123 cm³/mol. The summed E-state index contributed by atoms with van der Waals surface area (Å²) in [5.74, 6) is 1.63. The van der Waals surface area contributed by atoms with Crippen LogP contribution in [0.1, 0.15) is 104 Å². The zero-order valence-corrected chi connectivity index (χ0v) is 20.0. The SMILES string of the molecule is CCCCC(CC)Cc1c(OC(C)=O)ccc(OC(C)=O)c1CC(CC)CCCC. The van der Waals surface area contributed by atoms with Crippen LogP contribution in [0.3, 0.4) is 0 Å². The monoisotopic (exact) mass is 418 g/mol. The van der Waals surface area contributed by atoms with Gasteiger partial charge in [-0.2, -0.15) is 0 Å². The summed E-state index contributed by atoms with van der Waals surface area (Å²) in [5.41, 5.74) is 2.09. The minimum Gasteiger partial charge on any atom is -0.426 e. The van der Waals surface area contributed by atoms with Gasteiger partial charge in [0, 0.05) is 25.0 Å². The molecule has 2 unspecified atom stereocenters. The molecule has 0 N–H and O–H groups in total. The number of carbonyl (C=O) groups is 2. The lowest BCUT2D eigenvalue weighted by Crippen LogP contribution is -2.15. The molecule has 0 saturated carbocycles. The van der Waals surface area contributed by atoms with Crippen molar-refractivity contribution < 1.29 is 19.1 Å². The molecule has 4 heteroatoms. The summed E-state index contributed by atoms with van der Waals surface area (Å²) in [6, 6.07) is 3.58. The third-order valence-electron chi connectivity index (χ3n) is 5.92. The Morgan fingerprint density at radius 2 is 1.10 bits per heavy atom. The first-order chi connectivity index (χ1) is 14.4. The molecule has 0 amide bonds. The van der Waals surface area contributed by atoms with Crippen molar-refractivity contribution in [2.45, 2.75) is 106 Å². The van der Waals surface area contributed by atoms with Gasteiger partial charge in [0.1, 0.15) is 11.5 Å². The molecular formula is C26H42O4. The van der Waals surface area contributed by atoms with Gasteiger partial charge in [0.2, 0.25) is 0 Å². The first kappa shape index (κ1) is 26.2. The van der Waals surface area contributed by atoms with Crippen LogP contribution in [0.15, 0.2) is 12.1 Å². The fourth-order valence-corrected chi connectivity index (χ4v) is 4.06. The van der Waals surface area contributed by atoms with Gasteiger partial charge in [-0.1, -0.05) is 79.1 Å². The van der Waals surface area contributed by atoms with Gasteiger partial charge in [-0.15, -0.1) is 0 Å². The number of esters is 2. The van der Waals surface area contributed by atoms with E-state index < -0.39 is 0 Å². The van der Waals surface area contributed by atoms with Crippen molar-refractivity contribution in [3.63, 3.8) is 0 Å². The molecule has 0 fully saturated rings. The Hall–Kier alpha value is -1.84. The van der Waals surface area contributed by atoms with Crippen molar-refractivity contribution in [1.82, 2.24) is 0 Å². The second kappa shape index (κ2) is 14.2. The van der Waals surface area contributed by atoms with Gasteiger partial charge in [-0.3, -0.25) is 9.59 Å². The normalized spacial score (nSPS) is 13.0. The van der Waals surface area contributed by atoms with Crippen molar-refractivity contribution in [3.8, 4) is 11.5 Å². The lowest BCUT2D eigenvalue weighted by molar-refractivity contribution is -0.133. The molecule has 0 bridgehead atoms. The average molecular weight is 419 g/mol. The van der Waals surface area contributed by atoms with E-state index in [-0.39, 0.29) is 11.9 Å². The molecule has 0 aliphatic heterocycles. The fourth-order valence-electron chi connectivity index (χ4n) is 4.06. The third kappa shape index (κ3) is 8.89. The van der Waals surface area contributed by atoms with Gasteiger partial charge in [0.25, 0.3) is 0 Å². The summed E-state index contributed by atoms with van der Waals surface area (Å²) < 4.78 is 11.2. The second-order valence-electron chi connectivity index (χ2n) is 8.45. The third-order valence-corrected chi connectivity index (χ3v) is 5.92. The summed E-state index contributed by atoms with van der Waals surface area (Å²) in [6.07, 6.45) is 10.8. The minimum atomic E-state index is -0.318. The van der Waals surface area contributed by atoms with Gasteiger partial charge >= 0.3 is 11.9 Å². The van der Waals surface area contributed by atoms with Crippen LogP contribution in [0.5, 0.6) is 11.5 Å². The first-order valence-corrected chi connectivity index (χ1v) is 11.9. The maximum Gasteiger partial charge on any atom is 0.308 e. The topological polar surface area (TPSA) is 52.6 Å². The van der Waals surface area contributed by atoms with E-state index in [1.54, 1.807) is 12.1 Å². The number of benzene rings is 1. The fraction of sp³-hybridized carbons (Fsp3) is 0.692. The van der Waals surface area contributed by atoms with Crippen LogP contribution in [0.25, 0.3) is 0 Å². The molecule has 1 aromatic rings. The first-order valence-electron chi connectivity index (χ1n) is 11.9. The summed E-state index contributed by atoms with van der Waals surface area (Å²) >= 11 is 0. The van der Waals surface area contributed by atoms with Gasteiger partial charge < -0.3 is 9.47 Å². The quantitative estimate of drug-likeness (QED) is 0.240. The van der Waals surface area contributed by atoms with Crippen LogP contribution in [0.4, 0.5) is 0 Å². The van der Waals surface area contributed by atoms with E-state index >= 15 is 0 Å². The van der Waals surface area contributed by atoms with Crippen molar-refractivity contribution in [3.05, 3.63) is 23.3 Å². The maximum absolute atomic E-state index is 11.8. The summed E-state index contributed by atoms with van der Waals surface area (Å²) in [4.78, 5) is 23.6. The molecule has 0 heterocycles. The van der Waals surface area contributed by atoms with Crippen LogP contribution in [0.2, 0.25) is 0 Å². The minimum absolute atomic E-state index is 0.318. The van der Waals surface area contributed by atoms with E-state index in [1.807, 2.05) is 0 Å². The highest BCUT2D eigenvalue weighted by Crippen LogP contribution is 2.37. The highest BCUT2D eigenvalue weighted by Gasteiger charge is 2.23. The molecular weight excluding hydrogens is 376 g/mol. The summed E-state index contributed by atoms with van der Waals surface area (Å²) in [5, 5.41) is 0. The zero-order valence-electron chi connectivity index (χ0n) is 20.0. The molecule has 1 aromatic carbocycles. The molecule has 30 heavy (non-hydrogen) atoms. The molecule has 0 aliphatic rings. The summed E-state index contributed by atoms with van der Waals surface area (Å²) in [7, 11) is 0. The Bertz CT molecular complexity index is 608. The Balaban J connectivity index is 3.44. The Morgan fingerprint density at radius 1 is 0.733 bits per heavy atom. The molecule has 0 radical (unpaired) electrons. The number of carbonyl (C=O) groups excluding carboxylic acids is 2. The number of hydrogen-bond acceptors (Lipinski definition) is 4. The van der Waals surface area contributed by atoms with Crippen LogP contribution >= 0.6 is 0 Å². The van der Waals surface area contributed by atoms with Crippen LogP contribution in [-0.2, 0) is 22.4 Å². The van der Waals surface area contributed by atoms with Gasteiger partial charge in [0.15, 0.2) is 0 Å². The Kier molecular flexibility index (Phi) is 12.4. The number of ether oxygens (including phenoxy) is 2. The Morgan fingerprint density at radius 3 is 1.37 bits per heavy atom. The highest BCUT2D eigenvalue weighted by molar-refractivity contribution is 5.72. The Labute approximate surface area is 183 Å². The smallest absolute Gasteiger partial charge is 0.308 e. The van der Waals surface area contributed by atoms with E-state index in [1.165, 1.54) is 39.5 Å². The largest absolute Gasteiger partial charge is 0.426 e. The molecule has 2 atom stereocenters. The van der Waals surface area contributed by atoms with E-state index in [9.17, 15) is 9.59 Å². The van der Waals surface area contributed by atoms with Gasteiger partial charge in [-0.25, -0.2) is 0 Å². The van der Waals surface area contributed by atoms with Crippen molar-refractivity contribution >= 4 is 11.9 Å². The van der Waals surface area contributed by atoms with E-state index in [4.69, 9.17) is 9.47 Å². The molecule has 170 valence electrons. The van der Waals surface area contributed by atoms with Crippen molar-refractivity contribution in [1.29, 1.82) is 0 Å². The van der Waals surface area contributed by atoms with Crippen LogP contribution in [0, 0.1) is 11.8 Å². The lowest BCUT2D eigenvalue weighted by Gasteiger charge is -2.24. The highest BCUT2D eigenvalue weighted by atomic mass is 16.5. The standard InChI is InChI=1S/C26H42O4/c1-7-11-13-21(9-3)17-23-24(18-22(10-4)14-12-8-2)26(30-20(6)28)16-15-25(23)29-19(5)27/h15-16,21-22H,7-14,17-18H2,1-6H3.